The molecule has 2 heterocycles. The fraction of sp³-hybridized carbons (Fsp3) is 0. The summed E-state index contributed by atoms with van der Waals surface area (Å²) < 4.78 is 8.52. The Morgan fingerprint density at radius 2 is 1.14 bits per heavy atom. The van der Waals surface area contributed by atoms with E-state index >= 15 is 0 Å². The Balaban J connectivity index is 1.93. The van der Waals surface area contributed by atoms with Gasteiger partial charge in [-0.05, 0) is 34.4 Å². The number of hydrogen-bond donors (Lipinski definition) is 0. The lowest BCUT2D eigenvalue weighted by atomic mass is 9.95. The van der Waals surface area contributed by atoms with Crippen LogP contribution in [-0.4, -0.2) is 2.78 Å². The number of fused-ring (bicyclic) bond motifs is 12. The van der Waals surface area contributed by atoms with E-state index in [1.54, 1.807) is 0 Å². The second kappa shape index (κ2) is 5.51. The number of hydrogen-bond acceptors (Lipinski definition) is 1. The topological polar surface area (TPSA) is 18.1 Å². The molecule has 5 aromatic carbocycles. The zero-order chi connectivity index (χ0) is 19.1. The maximum atomic E-state index is 6.21. The van der Waals surface area contributed by atoms with E-state index in [-0.39, 0.29) is 0 Å². The molecule has 0 radical (unpaired) electrons. The first-order valence-electron chi connectivity index (χ1n) is 9.67. The molecule has 0 bridgehead atoms. The molecular weight excluding hydrogens is 469 g/mol. The van der Waals surface area contributed by atoms with Crippen molar-refractivity contribution < 1.29 is 4.42 Å². The van der Waals surface area contributed by atoms with Crippen molar-refractivity contribution in [3.8, 4) is 0 Å². The van der Waals surface area contributed by atoms with Gasteiger partial charge in [-0.2, -0.15) is 0 Å². The Kier molecular flexibility index (Phi) is 3.01. The van der Waals surface area contributed by atoms with Crippen LogP contribution in [0.15, 0.2) is 89.3 Å². The highest BCUT2D eigenvalue weighted by Gasteiger charge is 2.20. The predicted molar refractivity (Wildman–Crippen MR) is 131 cm³/mol. The lowest BCUT2D eigenvalue weighted by molar-refractivity contribution is 0.669. The van der Waals surface area contributed by atoms with Crippen molar-refractivity contribution in [1.82, 2.24) is 2.78 Å². The molecule has 0 amide bonds. The van der Waals surface area contributed by atoms with E-state index in [1.807, 2.05) is 6.07 Å². The van der Waals surface area contributed by atoms with Crippen LogP contribution < -0.4 is 0 Å². The first-order chi connectivity index (χ1) is 14.3. The van der Waals surface area contributed by atoms with Gasteiger partial charge in [-0.15, -0.1) is 0 Å². The first-order valence-corrected chi connectivity index (χ1v) is 10.6. The van der Waals surface area contributed by atoms with E-state index < -0.39 is 0 Å². The molecule has 0 fully saturated rings. The van der Waals surface area contributed by atoms with Gasteiger partial charge in [-0.3, -0.25) is 2.78 Å². The molecule has 0 aliphatic rings. The minimum atomic E-state index is 0.939. The standard InChI is InChI=1S/C26H14INO/c27-28-20-13-14-22-23(19-11-5-6-12-21(19)29-22)25(20)24-17-9-3-1-7-15(17)16-8-2-4-10-18(16)26(24)28/h1-14H. The number of nitrogens with zero attached hydrogens (tertiary/aromatic N) is 1. The summed E-state index contributed by atoms with van der Waals surface area (Å²) in [6.07, 6.45) is 0. The third kappa shape index (κ3) is 1.91. The second-order valence-corrected chi connectivity index (χ2v) is 8.49. The van der Waals surface area contributed by atoms with Crippen LogP contribution in [0.1, 0.15) is 0 Å². The summed E-state index contributed by atoms with van der Waals surface area (Å²) in [5, 5.41) is 10.1. The van der Waals surface area contributed by atoms with E-state index in [4.69, 9.17) is 4.42 Å². The summed E-state index contributed by atoms with van der Waals surface area (Å²) in [6, 6.07) is 30.1. The van der Waals surface area contributed by atoms with Crippen LogP contribution in [0, 0.1) is 0 Å². The van der Waals surface area contributed by atoms with E-state index in [0.29, 0.717) is 0 Å². The molecule has 29 heavy (non-hydrogen) atoms. The van der Waals surface area contributed by atoms with Crippen molar-refractivity contribution in [2.45, 2.75) is 0 Å². The van der Waals surface area contributed by atoms with Crippen molar-refractivity contribution in [3.63, 3.8) is 0 Å². The zero-order valence-corrected chi connectivity index (χ0v) is 17.5. The molecule has 0 N–H and O–H groups in total. The number of benzene rings is 5. The summed E-state index contributed by atoms with van der Waals surface area (Å²) in [5.41, 5.74) is 4.38. The Morgan fingerprint density at radius 1 is 0.517 bits per heavy atom. The average molecular weight is 483 g/mol. The molecule has 2 aromatic heterocycles. The molecule has 136 valence electrons. The highest BCUT2D eigenvalue weighted by molar-refractivity contribution is 14.1. The summed E-state index contributed by atoms with van der Waals surface area (Å²) in [6.45, 7) is 0. The number of rotatable bonds is 0. The van der Waals surface area contributed by atoms with E-state index in [2.05, 4.69) is 105 Å². The Labute approximate surface area is 179 Å². The van der Waals surface area contributed by atoms with Gasteiger partial charge >= 0.3 is 0 Å². The van der Waals surface area contributed by atoms with Crippen LogP contribution in [-0.2, 0) is 0 Å². The third-order valence-corrected chi connectivity index (χ3v) is 7.09. The Morgan fingerprint density at radius 3 is 1.93 bits per heavy atom. The van der Waals surface area contributed by atoms with Crippen molar-refractivity contribution in [2.75, 3.05) is 0 Å². The maximum Gasteiger partial charge on any atom is 0.136 e. The van der Waals surface area contributed by atoms with Crippen LogP contribution >= 0.6 is 22.9 Å². The molecule has 0 aliphatic heterocycles. The Bertz CT molecular complexity index is 1770. The van der Waals surface area contributed by atoms with Crippen molar-refractivity contribution in [2.24, 2.45) is 0 Å². The number of para-hydroxylation sites is 1. The van der Waals surface area contributed by atoms with Crippen molar-refractivity contribution in [3.05, 3.63) is 84.9 Å². The minimum absolute atomic E-state index is 0.939. The first kappa shape index (κ1) is 15.8. The molecule has 7 rings (SSSR count). The number of halogens is 1. The maximum absolute atomic E-state index is 6.21. The average Bonchev–Trinajstić information content (AvgIpc) is 3.29. The summed E-state index contributed by atoms with van der Waals surface area (Å²) in [5.74, 6) is 0. The fourth-order valence-electron chi connectivity index (χ4n) is 4.92. The summed E-state index contributed by atoms with van der Waals surface area (Å²) >= 11 is 2.45. The monoisotopic (exact) mass is 483 g/mol. The second-order valence-electron chi connectivity index (χ2n) is 7.53. The lowest BCUT2D eigenvalue weighted by Gasteiger charge is -2.08. The van der Waals surface area contributed by atoms with Crippen molar-refractivity contribution >= 4 is 88.2 Å². The van der Waals surface area contributed by atoms with Gasteiger partial charge in [-0.1, -0.05) is 66.7 Å². The van der Waals surface area contributed by atoms with Gasteiger partial charge in [0, 0.05) is 26.9 Å². The van der Waals surface area contributed by atoms with Crippen LogP contribution in [0.25, 0.3) is 65.3 Å². The predicted octanol–water partition coefficient (Wildman–Crippen LogP) is 8.20. The van der Waals surface area contributed by atoms with Crippen molar-refractivity contribution in [1.29, 1.82) is 0 Å². The van der Waals surface area contributed by atoms with Crippen LogP contribution in [0.2, 0.25) is 0 Å². The van der Waals surface area contributed by atoms with Gasteiger partial charge in [0.05, 0.1) is 33.9 Å². The molecule has 0 saturated carbocycles. The zero-order valence-electron chi connectivity index (χ0n) is 15.3. The molecule has 0 spiro atoms. The largest absolute Gasteiger partial charge is 0.456 e. The molecule has 0 unspecified atom stereocenters. The van der Waals surface area contributed by atoms with E-state index in [0.717, 1.165) is 11.2 Å². The van der Waals surface area contributed by atoms with Gasteiger partial charge in [0.2, 0.25) is 0 Å². The van der Waals surface area contributed by atoms with E-state index in [1.165, 1.54) is 54.1 Å². The van der Waals surface area contributed by atoms with Gasteiger partial charge in [0.1, 0.15) is 11.2 Å². The molecular formula is C26H14INO. The van der Waals surface area contributed by atoms with Crippen LogP contribution in [0.4, 0.5) is 0 Å². The van der Waals surface area contributed by atoms with Gasteiger partial charge in [0.15, 0.2) is 0 Å². The lowest BCUT2D eigenvalue weighted by Crippen LogP contribution is -1.83. The molecule has 3 heteroatoms. The quantitative estimate of drug-likeness (QED) is 0.157. The van der Waals surface area contributed by atoms with Crippen LogP contribution in [0.3, 0.4) is 0 Å². The molecule has 7 aromatic rings. The van der Waals surface area contributed by atoms with Gasteiger partial charge < -0.3 is 4.42 Å². The molecule has 0 atom stereocenters. The highest BCUT2D eigenvalue weighted by Crippen LogP contribution is 2.46. The van der Waals surface area contributed by atoms with E-state index in [9.17, 15) is 0 Å². The molecule has 0 saturated heterocycles. The summed E-state index contributed by atoms with van der Waals surface area (Å²) in [7, 11) is 0. The SMILES string of the molecule is In1c2ccc3oc4ccccc4c3c2c2c3ccccc3c3ccccc3c21. The Hall–Kier alpha value is -3.05. The molecule has 0 aliphatic carbocycles. The summed E-state index contributed by atoms with van der Waals surface area (Å²) in [4.78, 5) is 0. The van der Waals surface area contributed by atoms with Gasteiger partial charge in [0.25, 0.3) is 0 Å². The smallest absolute Gasteiger partial charge is 0.136 e. The minimum Gasteiger partial charge on any atom is -0.456 e. The van der Waals surface area contributed by atoms with Crippen LogP contribution in [0.5, 0.6) is 0 Å². The normalized spacial score (nSPS) is 12.3. The molecule has 2 nitrogen and oxygen atoms in total. The third-order valence-electron chi connectivity index (χ3n) is 6.08. The highest BCUT2D eigenvalue weighted by atomic mass is 127. The van der Waals surface area contributed by atoms with Gasteiger partial charge in [-0.25, -0.2) is 0 Å². The number of furan rings is 1. The fourth-order valence-corrected chi connectivity index (χ4v) is 5.83. The number of aromatic nitrogens is 1.